The fourth-order valence-electron chi connectivity index (χ4n) is 3.83. The molecule has 1 aliphatic heterocycles. The highest BCUT2D eigenvalue weighted by Gasteiger charge is 2.43. The number of aromatic nitrogens is 3. The average molecular weight is 413 g/mol. The summed E-state index contributed by atoms with van der Waals surface area (Å²) in [7, 11) is 0. The zero-order valence-corrected chi connectivity index (χ0v) is 15.9. The number of para-hydroxylation sites is 2. The number of hydrogen-bond acceptors (Lipinski definition) is 4. The molecule has 0 saturated carbocycles. The Morgan fingerprint density at radius 1 is 1.20 bits per heavy atom. The lowest BCUT2D eigenvalue weighted by Crippen LogP contribution is -2.45. The van der Waals surface area contributed by atoms with Gasteiger partial charge in [0.1, 0.15) is 5.69 Å². The standard InChI is InChI=1S/C21H18F3N5O/c22-21(23,24)20(30)28-9-6-14(7-10-28)13-29-18-4-2-1-3-16(18)27-19(29)17-11-15(12-25)5-8-26-17/h1-5,8,11,14H,6-7,9-10,13H2. The first-order chi connectivity index (χ1) is 14.4. The van der Waals surface area contributed by atoms with Crippen molar-refractivity contribution in [2.24, 2.45) is 5.92 Å². The number of carbonyl (C=O) groups is 1. The van der Waals surface area contributed by atoms with Crippen LogP contribution in [0.4, 0.5) is 13.2 Å². The molecule has 1 amide bonds. The Morgan fingerprint density at radius 2 is 1.93 bits per heavy atom. The van der Waals surface area contributed by atoms with Crippen molar-refractivity contribution in [3.8, 4) is 17.6 Å². The third-order valence-electron chi connectivity index (χ3n) is 5.36. The van der Waals surface area contributed by atoms with Gasteiger partial charge in [0, 0.05) is 25.8 Å². The zero-order valence-electron chi connectivity index (χ0n) is 15.9. The highest BCUT2D eigenvalue weighted by atomic mass is 19.4. The summed E-state index contributed by atoms with van der Waals surface area (Å²) in [6.45, 7) is 0.697. The minimum Gasteiger partial charge on any atom is -0.335 e. The summed E-state index contributed by atoms with van der Waals surface area (Å²) in [5.41, 5.74) is 2.71. The summed E-state index contributed by atoms with van der Waals surface area (Å²) in [6, 6.07) is 13.0. The predicted octanol–water partition coefficient (Wildman–Crippen LogP) is 3.77. The maximum atomic E-state index is 12.7. The predicted molar refractivity (Wildman–Crippen MR) is 103 cm³/mol. The highest BCUT2D eigenvalue weighted by Crippen LogP contribution is 2.29. The van der Waals surface area contributed by atoms with Gasteiger partial charge in [-0.15, -0.1) is 0 Å². The number of pyridine rings is 1. The lowest BCUT2D eigenvalue weighted by Gasteiger charge is -2.32. The number of rotatable bonds is 3. The van der Waals surface area contributed by atoms with Crippen LogP contribution in [0.25, 0.3) is 22.6 Å². The van der Waals surface area contributed by atoms with E-state index in [0.717, 1.165) is 15.9 Å². The molecule has 30 heavy (non-hydrogen) atoms. The maximum absolute atomic E-state index is 12.7. The lowest BCUT2D eigenvalue weighted by molar-refractivity contribution is -0.186. The number of alkyl halides is 3. The van der Waals surface area contributed by atoms with E-state index in [1.165, 1.54) is 0 Å². The molecule has 2 aromatic heterocycles. The molecule has 0 N–H and O–H groups in total. The van der Waals surface area contributed by atoms with Gasteiger partial charge in [0.25, 0.3) is 0 Å². The van der Waals surface area contributed by atoms with Crippen molar-refractivity contribution < 1.29 is 18.0 Å². The van der Waals surface area contributed by atoms with Crippen LogP contribution in [0, 0.1) is 17.2 Å². The van der Waals surface area contributed by atoms with Gasteiger partial charge in [-0.05, 0) is 43.0 Å². The Kier molecular flexibility index (Phi) is 5.16. The fourth-order valence-corrected chi connectivity index (χ4v) is 3.83. The number of hydrogen-bond donors (Lipinski definition) is 0. The van der Waals surface area contributed by atoms with E-state index in [0.29, 0.717) is 36.5 Å². The van der Waals surface area contributed by atoms with Crippen LogP contribution in [0.1, 0.15) is 18.4 Å². The molecule has 9 heteroatoms. The van der Waals surface area contributed by atoms with Crippen LogP contribution < -0.4 is 0 Å². The van der Waals surface area contributed by atoms with Gasteiger partial charge in [-0.3, -0.25) is 9.78 Å². The largest absolute Gasteiger partial charge is 0.471 e. The van der Waals surface area contributed by atoms with Crippen LogP contribution in [0.5, 0.6) is 0 Å². The smallest absolute Gasteiger partial charge is 0.335 e. The Labute approximate surface area is 170 Å². The molecule has 0 radical (unpaired) electrons. The number of carbonyl (C=O) groups excluding carboxylic acids is 1. The summed E-state index contributed by atoms with van der Waals surface area (Å²) >= 11 is 0. The monoisotopic (exact) mass is 413 g/mol. The number of nitriles is 1. The summed E-state index contributed by atoms with van der Waals surface area (Å²) in [6.07, 6.45) is -2.34. The first kappa shape index (κ1) is 19.9. The van der Waals surface area contributed by atoms with E-state index in [4.69, 9.17) is 0 Å². The van der Waals surface area contributed by atoms with Gasteiger partial charge < -0.3 is 9.47 Å². The molecular weight excluding hydrogens is 395 g/mol. The van der Waals surface area contributed by atoms with Crippen molar-refractivity contribution in [1.29, 1.82) is 5.26 Å². The first-order valence-electron chi connectivity index (χ1n) is 9.54. The second-order valence-electron chi connectivity index (χ2n) is 7.31. The average Bonchev–Trinajstić information content (AvgIpc) is 3.12. The van der Waals surface area contributed by atoms with Gasteiger partial charge in [0.15, 0.2) is 5.82 Å². The molecule has 3 aromatic rings. The summed E-state index contributed by atoms with van der Waals surface area (Å²) in [4.78, 5) is 21.4. The minimum atomic E-state index is -4.84. The maximum Gasteiger partial charge on any atom is 0.471 e. The lowest BCUT2D eigenvalue weighted by atomic mass is 9.96. The second-order valence-corrected chi connectivity index (χ2v) is 7.31. The third-order valence-corrected chi connectivity index (χ3v) is 5.36. The van der Waals surface area contributed by atoms with Crippen LogP contribution in [-0.2, 0) is 11.3 Å². The highest BCUT2D eigenvalue weighted by molar-refractivity contribution is 5.82. The Balaban J connectivity index is 1.60. The van der Waals surface area contributed by atoms with Crippen LogP contribution in [-0.4, -0.2) is 44.6 Å². The molecular formula is C21H18F3N5O. The van der Waals surface area contributed by atoms with Gasteiger partial charge >= 0.3 is 12.1 Å². The number of benzene rings is 1. The van der Waals surface area contributed by atoms with E-state index >= 15 is 0 Å². The summed E-state index contributed by atoms with van der Waals surface area (Å²) in [5.74, 6) is -1.06. The van der Waals surface area contributed by atoms with Crippen LogP contribution >= 0.6 is 0 Å². The molecule has 4 rings (SSSR count). The van der Waals surface area contributed by atoms with E-state index in [2.05, 4.69) is 16.0 Å². The normalized spacial score (nSPS) is 15.3. The van der Waals surface area contributed by atoms with Gasteiger partial charge in [-0.1, -0.05) is 12.1 Å². The van der Waals surface area contributed by atoms with Crippen LogP contribution in [0.3, 0.4) is 0 Å². The molecule has 0 spiro atoms. The second kappa shape index (κ2) is 7.78. The Morgan fingerprint density at radius 3 is 2.63 bits per heavy atom. The molecule has 0 unspecified atom stereocenters. The minimum absolute atomic E-state index is 0.0765. The third kappa shape index (κ3) is 3.85. The molecule has 1 aromatic carbocycles. The number of piperidine rings is 1. The van der Waals surface area contributed by atoms with Crippen molar-refractivity contribution in [3.05, 3.63) is 48.2 Å². The van der Waals surface area contributed by atoms with E-state index in [1.54, 1.807) is 18.3 Å². The molecule has 1 saturated heterocycles. The first-order valence-corrected chi connectivity index (χ1v) is 9.54. The fraction of sp³-hybridized carbons (Fsp3) is 0.333. The van der Waals surface area contributed by atoms with E-state index in [-0.39, 0.29) is 19.0 Å². The van der Waals surface area contributed by atoms with Crippen molar-refractivity contribution in [2.45, 2.75) is 25.6 Å². The number of halogens is 3. The SMILES string of the molecule is N#Cc1ccnc(-c2nc3ccccc3n2CC2CCN(C(=O)C(F)(F)F)CC2)c1. The van der Waals surface area contributed by atoms with Crippen molar-refractivity contribution in [3.63, 3.8) is 0 Å². The molecule has 6 nitrogen and oxygen atoms in total. The summed E-state index contributed by atoms with van der Waals surface area (Å²) < 4.78 is 40.0. The van der Waals surface area contributed by atoms with Crippen LogP contribution in [0.15, 0.2) is 42.6 Å². The number of fused-ring (bicyclic) bond motifs is 1. The topological polar surface area (TPSA) is 74.8 Å². The number of amides is 1. The molecule has 1 aliphatic rings. The Hall–Kier alpha value is -3.41. The van der Waals surface area contributed by atoms with Gasteiger partial charge in [0.05, 0.1) is 22.7 Å². The number of likely N-dealkylation sites (tertiary alicyclic amines) is 1. The van der Waals surface area contributed by atoms with Crippen molar-refractivity contribution in [2.75, 3.05) is 13.1 Å². The Bertz CT molecular complexity index is 1120. The van der Waals surface area contributed by atoms with Crippen LogP contribution in [0.2, 0.25) is 0 Å². The van der Waals surface area contributed by atoms with E-state index < -0.39 is 12.1 Å². The molecule has 0 bridgehead atoms. The van der Waals surface area contributed by atoms with Crippen molar-refractivity contribution in [1.82, 2.24) is 19.4 Å². The zero-order chi connectivity index (χ0) is 21.3. The van der Waals surface area contributed by atoms with E-state index in [1.807, 2.05) is 28.8 Å². The van der Waals surface area contributed by atoms with Crippen molar-refractivity contribution >= 4 is 16.9 Å². The summed E-state index contributed by atoms with van der Waals surface area (Å²) in [5, 5.41) is 9.19. The quantitative estimate of drug-likeness (QED) is 0.655. The molecule has 0 atom stereocenters. The number of nitrogens with zero attached hydrogens (tertiary/aromatic N) is 5. The van der Waals surface area contributed by atoms with Gasteiger partial charge in [0.2, 0.25) is 0 Å². The molecule has 154 valence electrons. The van der Waals surface area contributed by atoms with E-state index in [9.17, 15) is 23.2 Å². The van der Waals surface area contributed by atoms with Gasteiger partial charge in [-0.25, -0.2) is 4.98 Å². The molecule has 3 heterocycles. The molecule has 0 aliphatic carbocycles. The molecule has 1 fully saturated rings. The number of imidazole rings is 1. The van der Waals surface area contributed by atoms with Gasteiger partial charge in [-0.2, -0.15) is 18.4 Å².